The fraction of sp³-hybridized carbons (Fsp3) is 0.310. The van der Waals surface area contributed by atoms with Crippen LogP contribution < -0.4 is 5.32 Å². The number of amidine groups is 1. The second kappa shape index (κ2) is 11.1. The largest absolute Gasteiger partial charge is 0.340 e. The molecule has 176 valence electrons. The number of halogens is 1. The number of aliphatic imine (C=N–C) groups is 2. The third kappa shape index (κ3) is 5.71. The molecule has 1 saturated heterocycles. The summed E-state index contributed by atoms with van der Waals surface area (Å²) in [5.41, 5.74) is 4.95. The number of anilines is 1. The number of guanidine groups is 1. The molecule has 4 rings (SSSR count). The second-order valence-corrected chi connectivity index (χ2v) is 8.86. The van der Waals surface area contributed by atoms with E-state index in [-0.39, 0.29) is 5.82 Å². The van der Waals surface area contributed by atoms with Gasteiger partial charge in [0.1, 0.15) is 11.7 Å². The van der Waals surface area contributed by atoms with Crippen LogP contribution in [-0.4, -0.2) is 29.3 Å². The lowest BCUT2D eigenvalue weighted by Gasteiger charge is -2.36. The monoisotopic (exact) mass is 456 g/mol. The van der Waals surface area contributed by atoms with Crippen LogP contribution in [0.25, 0.3) is 0 Å². The minimum atomic E-state index is -0.262. The summed E-state index contributed by atoms with van der Waals surface area (Å²) in [5.74, 6) is 1.17. The summed E-state index contributed by atoms with van der Waals surface area (Å²) in [6, 6.07) is 23.0. The topological polar surface area (TPSA) is 40.0 Å². The zero-order valence-electron chi connectivity index (χ0n) is 20.3. The molecule has 5 heteroatoms. The van der Waals surface area contributed by atoms with Crippen LogP contribution in [-0.2, 0) is 0 Å². The van der Waals surface area contributed by atoms with E-state index in [4.69, 9.17) is 9.98 Å². The molecule has 0 aliphatic carbocycles. The maximum absolute atomic E-state index is 13.6. The molecule has 1 atom stereocenters. The third-order valence-corrected chi connectivity index (χ3v) is 6.38. The number of nitrogens with zero attached hydrogens (tertiary/aromatic N) is 3. The van der Waals surface area contributed by atoms with Gasteiger partial charge in [-0.05, 0) is 87.1 Å². The van der Waals surface area contributed by atoms with Gasteiger partial charge in [0.25, 0.3) is 0 Å². The van der Waals surface area contributed by atoms with Crippen LogP contribution in [0.2, 0.25) is 0 Å². The Morgan fingerprint density at radius 1 is 0.941 bits per heavy atom. The summed E-state index contributed by atoms with van der Waals surface area (Å²) >= 11 is 0. The summed E-state index contributed by atoms with van der Waals surface area (Å²) in [5, 5.41) is 3.47. The minimum Gasteiger partial charge on any atom is -0.340 e. The van der Waals surface area contributed by atoms with Crippen LogP contribution >= 0.6 is 0 Å². The van der Waals surface area contributed by atoms with Crippen molar-refractivity contribution in [1.82, 2.24) is 4.90 Å². The fourth-order valence-electron chi connectivity index (χ4n) is 4.56. The van der Waals surface area contributed by atoms with Crippen molar-refractivity contribution in [2.24, 2.45) is 9.98 Å². The van der Waals surface area contributed by atoms with Crippen molar-refractivity contribution < 1.29 is 4.39 Å². The standard InChI is InChI=1S/C29H33FN4/c1-4-26-15-8-9-20-34(26)29(32-24-13-6-5-7-14-24)33-28(27-21(2)11-10-12-22(27)3)31-25-18-16-23(30)17-19-25/h5-7,10-14,16-19,26H,4,8-9,15,20H2,1-3H3,(H,31,32,33). The molecular weight excluding hydrogens is 423 g/mol. The van der Waals surface area contributed by atoms with Gasteiger partial charge in [-0.25, -0.2) is 9.38 Å². The Morgan fingerprint density at radius 2 is 1.65 bits per heavy atom. The molecule has 0 bridgehead atoms. The molecule has 1 unspecified atom stereocenters. The molecule has 3 aromatic rings. The molecule has 1 heterocycles. The highest BCUT2D eigenvalue weighted by atomic mass is 19.1. The van der Waals surface area contributed by atoms with Gasteiger partial charge in [-0.1, -0.05) is 43.3 Å². The maximum atomic E-state index is 13.6. The second-order valence-electron chi connectivity index (χ2n) is 8.86. The van der Waals surface area contributed by atoms with E-state index in [0.717, 1.165) is 59.7 Å². The Bertz CT molecular complexity index is 1130. The Hall–Kier alpha value is -3.47. The first-order valence-corrected chi connectivity index (χ1v) is 12.1. The van der Waals surface area contributed by atoms with Crippen molar-refractivity contribution in [2.75, 3.05) is 11.9 Å². The first kappa shape index (κ1) is 23.7. The van der Waals surface area contributed by atoms with E-state index in [9.17, 15) is 4.39 Å². The summed E-state index contributed by atoms with van der Waals surface area (Å²) in [7, 11) is 0. The van der Waals surface area contributed by atoms with Crippen LogP contribution in [0.1, 0.15) is 49.3 Å². The van der Waals surface area contributed by atoms with Crippen molar-refractivity contribution >= 4 is 23.2 Å². The summed E-state index contributed by atoms with van der Waals surface area (Å²) < 4.78 is 13.6. The number of benzene rings is 3. The van der Waals surface area contributed by atoms with E-state index < -0.39 is 0 Å². The van der Waals surface area contributed by atoms with E-state index in [1.165, 1.54) is 18.6 Å². The van der Waals surface area contributed by atoms with Crippen LogP contribution in [0, 0.1) is 19.7 Å². The van der Waals surface area contributed by atoms with Crippen molar-refractivity contribution in [3.63, 3.8) is 0 Å². The Labute approximate surface area is 202 Å². The highest BCUT2D eigenvalue weighted by Gasteiger charge is 2.25. The lowest BCUT2D eigenvalue weighted by Crippen LogP contribution is -2.43. The molecule has 0 amide bonds. The average molecular weight is 457 g/mol. The zero-order valence-corrected chi connectivity index (χ0v) is 20.3. The molecular formula is C29H33FN4. The molecule has 4 nitrogen and oxygen atoms in total. The molecule has 1 aliphatic heterocycles. The number of nitrogens with one attached hydrogen (secondary N) is 1. The van der Waals surface area contributed by atoms with Crippen LogP contribution in [0.15, 0.2) is 82.8 Å². The van der Waals surface area contributed by atoms with Crippen molar-refractivity contribution in [2.45, 2.75) is 52.5 Å². The van der Waals surface area contributed by atoms with E-state index in [1.807, 2.05) is 30.3 Å². The molecule has 0 spiro atoms. The number of likely N-dealkylation sites (tertiary alicyclic amines) is 1. The highest BCUT2D eigenvalue weighted by Crippen LogP contribution is 2.24. The SMILES string of the molecule is CCC1CCCCN1C(=Nc1ccccc1)/N=C(/Nc1ccc(F)cc1)c1c(C)cccc1C. The summed E-state index contributed by atoms with van der Waals surface area (Å²) in [6.45, 7) is 7.35. The summed E-state index contributed by atoms with van der Waals surface area (Å²) in [4.78, 5) is 12.6. The molecule has 1 N–H and O–H groups in total. The summed E-state index contributed by atoms with van der Waals surface area (Å²) in [6.07, 6.45) is 4.55. The van der Waals surface area contributed by atoms with E-state index in [1.54, 1.807) is 12.1 Å². The molecule has 0 aromatic heterocycles. The van der Waals surface area contributed by atoms with Crippen molar-refractivity contribution in [1.29, 1.82) is 0 Å². The fourth-order valence-corrected chi connectivity index (χ4v) is 4.56. The van der Waals surface area contributed by atoms with Gasteiger partial charge in [0.15, 0.2) is 0 Å². The first-order valence-electron chi connectivity index (χ1n) is 12.1. The molecule has 0 radical (unpaired) electrons. The van der Waals surface area contributed by atoms with Gasteiger partial charge in [0.05, 0.1) is 5.69 Å². The normalized spacial score (nSPS) is 17.1. The molecule has 1 fully saturated rings. The lowest BCUT2D eigenvalue weighted by molar-refractivity contribution is 0.233. The average Bonchev–Trinajstić information content (AvgIpc) is 2.85. The van der Waals surface area contributed by atoms with E-state index in [0.29, 0.717) is 12.0 Å². The van der Waals surface area contributed by atoms with Crippen LogP contribution in [0.3, 0.4) is 0 Å². The zero-order chi connectivity index (χ0) is 23.9. The Balaban J connectivity index is 1.86. The lowest BCUT2D eigenvalue weighted by atomic mass is 10.0. The molecule has 34 heavy (non-hydrogen) atoms. The maximum Gasteiger partial charge on any atom is 0.228 e. The Kier molecular flexibility index (Phi) is 7.73. The van der Waals surface area contributed by atoms with Gasteiger partial charge >= 0.3 is 0 Å². The van der Waals surface area contributed by atoms with E-state index in [2.05, 4.69) is 49.2 Å². The number of hydrogen-bond acceptors (Lipinski definition) is 1. The van der Waals surface area contributed by atoms with Crippen LogP contribution in [0.4, 0.5) is 15.8 Å². The van der Waals surface area contributed by atoms with Crippen LogP contribution in [0.5, 0.6) is 0 Å². The smallest absolute Gasteiger partial charge is 0.228 e. The highest BCUT2D eigenvalue weighted by molar-refractivity contribution is 6.14. The first-order chi connectivity index (χ1) is 16.5. The van der Waals surface area contributed by atoms with Crippen molar-refractivity contribution in [3.8, 4) is 0 Å². The van der Waals surface area contributed by atoms with Gasteiger partial charge in [-0.3, -0.25) is 0 Å². The van der Waals surface area contributed by atoms with Gasteiger partial charge in [0.2, 0.25) is 5.96 Å². The molecule has 1 aliphatic rings. The quantitative estimate of drug-likeness (QED) is 0.332. The molecule has 3 aromatic carbocycles. The van der Waals surface area contributed by atoms with Gasteiger partial charge in [0, 0.05) is 23.8 Å². The number of rotatable bonds is 4. The number of para-hydroxylation sites is 1. The Morgan fingerprint density at radius 3 is 2.32 bits per heavy atom. The number of hydrogen-bond donors (Lipinski definition) is 1. The van der Waals surface area contributed by atoms with Gasteiger partial charge in [-0.15, -0.1) is 0 Å². The number of piperidine rings is 1. The third-order valence-electron chi connectivity index (χ3n) is 6.38. The molecule has 0 saturated carbocycles. The van der Waals surface area contributed by atoms with E-state index >= 15 is 0 Å². The van der Waals surface area contributed by atoms with Gasteiger partial charge < -0.3 is 10.2 Å². The minimum absolute atomic E-state index is 0.262. The predicted molar refractivity (Wildman–Crippen MR) is 141 cm³/mol. The van der Waals surface area contributed by atoms with Crippen molar-refractivity contribution in [3.05, 3.63) is 95.3 Å². The predicted octanol–water partition coefficient (Wildman–Crippen LogP) is 7.25. The number of aryl methyl sites for hydroxylation is 2. The van der Waals surface area contributed by atoms with Gasteiger partial charge in [-0.2, -0.15) is 4.99 Å².